The van der Waals surface area contributed by atoms with Gasteiger partial charge in [0.05, 0.1) is 0 Å². The largest absolute Gasteiger partial charge is 0.297 e. The van der Waals surface area contributed by atoms with Crippen molar-refractivity contribution in [1.82, 2.24) is 4.90 Å². The summed E-state index contributed by atoms with van der Waals surface area (Å²) in [5, 5.41) is 0. The van der Waals surface area contributed by atoms with E-state index in [2.05, 4.69) is 4.90 Å². The van der Waals surface area contributed by atoms with Crippen LogP contribution in [-0.4, -0.2) is 23.5 Å². The van der Waals surface area contributed by atoms with Gasteiger partial charge in [-0.05, 0) is 51.0 Å². The van der Waals surface area contributed by atoms with Gasteiger partial charge in [-0.1, -0.05) is 103 Å². The Morgan fingerprint density at radius 1 is 0.370 bits per heavy atom. The predicted molar refractivity (Wildman–Crippen MR) is 119 cm³/mol. The van der Waals surface area contributed by atoms with Crippen molar-refractivity contribution in [1.29, 1.82) is 0 Å². The maximum Gasteiger partial charge on any atom is 0.0126 e. The highest BCUT2D eigenvalue weighted by Gasteiger charge is 2.31. The van der Waals surface area contributed by atoms with Crippen LogP contribution in [0.4, 0.5) is 0 Å². The van der Waals surface area contributed by atoms with Gasteiger partial charge in [0, 0.05) is 12.1 Å². The molecule has 1 aliphatic heterocycles. The van der Waals surface area contributed by atoms with E-state index >= 15 is 0 Å². The second-order valence-corrected chi connectivity index (χ2v) is 10.2. The highest BCUT2D eigenvalue weighted by Crippen LogP contribution is 2.34. The first-order valence-corrected chi connectivity index (χ1v) is 13.2. The Bertz CT molecular complexity index is 311. The Morgan fingerprint density at radius 3 is 1.33 bits per heavy atom. The van der Waals surface area contributed by atoms with Crippen molar-refractivity contribution in [2.45, 2.75) is 153 Å². The summed E-state index contributed by atoms with van der Waals surface area (Å²) in [4.78, 5) is 3.14. The van der Waals surface area contributed by atoms with Crippen LogP contribution in [0.25, 0.3) is 0 Å². The van der Waals surface area contributed by atoms with E-state index in [0.717, 1.165) is 18.0 Å². The fourth-order valence-corrected chi connectivity index (χ4v) is 6.46. The summed E-state index contributed by atoms with van der Waals surface area (Å²) in [6, 6.07) is 1.84. The van der Waals surface area contributed by atoms with E-state index in [1.165, 1.54) is 148 Å². The summed E-state index contributed by atoms with van der Waals surface area (Å²) in [6.45, 7) is 1.42. The molecule has 0 radical (unpaired) electrons. The lowest BCUT2D eigenvalue weighted by molar-refractivity contribution is 0.0634. The molecule has 1 saturated heterocycles. The molecule has 1 nitrogen and oxygen atoms in total. The predicted octanol–water partition coefficient (Wildman–Crippen LogP) is 8.26. The molecule has 3 aliphatic rings. The van der Waals surface area contributed by atoms with Gasteiger partial charge in [0.25, 0.3) is 0 Å². The SMILES string of the molecule is C1CCCCC(C2CCCCCCCN2C2CCCCCCCC2)CCC1. The van der Waals surface area contributed by atoms with Gasteiger partial charge < -0.3 is 0 Å². The molecular weight excluding hydrogens is 326 g/mol. The summed E-state index contributed by atoms with van der Waals surface area (Å²) in [6.07, 6.45) is 33.1. The van der Waals surface area contributed by atoms with Crippen LogP contribution in [-0.2, 0) is 0 Å². The molecule has 0 bridgehead atoms. The second kappa shape index (κ2) is 13.2. The molecule has 0 aromatic carbocycles. The molecule has 2 aliphatic carbocycles. The molecule has 0 N–H and O–H groups in total. The molecule has 1 unspecified atom stereocenters. The molecule has 3 rings (SSSR count). The summed E-state index contributed by atoms with van der Waals surface area (Å²) < 4.78 is 0. The summed E-state index contributed by atoms with van der Waals surface area (Å²) in [5.41, 5.74) is 0. The van der Waals surface area contributed by atoms with Gasteiger partial charge >= 0.3 is 0 Å². The lowest BCUT2D eigenvalue weighted by Crippen LogP contribution is -2.47. The number of rotatable bonds is 2. The third kappa shape index (κ3) is 7.71. The molecule has 1 heteroatoms. The molecule has 0 aromatic rings. The molecule has 0 aromatic heterocycles. The zero-order chi connectivity index (χ0) is 18.6. The third-order valence-electron chi connectivity index (χ3n) is 8.08. The maximum atomic E-state index is 3.14. The van der Waals surface area contributed by atoms with E-state index in [9.17, 15) is 0 Å². The lowest BCUT2D eigenvalue weighted by Gasteiger charge is -2.42. The van der Waals surface area contributed by atoms with Crippen molar-refractivity contribution in [3.05, 3.63) is 0 Å². The van der Waals surface area contributed by atoms with E-state index in [4.69, 9.17) is 0 Å². The van der Waals surface area contributed by atoms with E-state index in [-0.39, 0.29) is 0 Å². The molecule has 158 valence electrons. The molecule has 3 fully saturated rings. The number of hydrogen-bond donors (Lipinski definition) is 0. The van der Waals surface area contributed by atoms with Crippen molar-refractivity contribution in [3.63, 3.8) is 0 Å². The van der Waals surface area contributed by atoms with Crippen LogP contribution in [0.3, 0.4) is 0 Å². The van der Waals surface area contributed by atoms with Gasteiger partial charge in [-0.3, -0.25) is 4.90 Å². The molecule has 0 amide bonds. The van der Waals surface area contributed by atoms with E-state index in [0.29, 0.717) is 0 Å². The van der Waals surface area contributed by atoms with Crippen LogP contribution >= 0.6 is 0 Å². The van der Waals surface area contributed by atoms with Crippen LogP contribution in [0.2, 0.25) is 0 Å². The lowest BCUT2D eigenvalue weighted by atomic mass is 9.84. The van der Waals surface area contributed by atoms with Gasteiger partial charge in [-0.25, -0.2) is 0 Å². The van der Waals surface area contributed by atoms with Gasteiger partial charge in [-0.15, -0.1) is 0 Å². The Hall–Kier alpha value is -0.0400. The van der Waals surface area contributed by atoms with Crippen LogP contribution in [0.15, 0.2) is 0 Å². The average Bonchev–Trinajstić information content (AvgIpc) is 2.97. The van der Waals surface area contributed by atoms with Gasteiger partial charge in [0.15, 0.2) is 0 Å². The minimum Gasteiger partial charge on any atom is -0.297 e. The smallest absolute Gasteiger partial charge is 0.0126 e. The molecule has 27 heavy (non-hydrogen) atoms. The Kier molecular flexibility index (Phi) is 10.6. The van der Waals surface area contributed by atoms with Crippen LogP contribution in [0, 0.1) is 5.92 Å². The minimum absolute atomic E-state index is 0.916. The van der Waals surface area contributed by atoms with Crippen molar-refractivity contribution in [2.75, 3.05) is 6.54 Å². The fourth-order valence-electron chi connectivity index (χ4n) is 6.46. The Balaban J connectivity index is 1.72. The summed E-state index contributed by atoms with van der Waals surface area (Å²) >= 11 is 0. The van der Waals surface area contributed by atoms with E-state index < -0.39 is 0 Å². The van der Waals surface area contributed by atoms with Crippen molar-refractivity contribution in [3.8, 4) is 0 Å². The van der Waals surface area contributed by atoms with Crippen molar-refractivity contribution in [2.24, 2.45) is 5.92 Å². The van der Waals surface area contributed by atoms with Gasteiger partial charge in [0.1, 0.15) is 0 Å². The Morgan fingerprint density at radius 2 is 0.778 bits per heavy atom. The van der Waals surface area contributed by atoms with E-state index in [1.807, 2.05) is 0 Å². The third-order valence-corrected chi connectivity index (χ3v) is 8.08. The normalized spacial score (nSPS) is 30.4. The standard InChI is InChI=1S/C26H49N/c1-2-7-13-19-24(18-12-6-1)26-22-16-10-5-11-17-23-27(26)25-20-14-8-3-4-9-15-21-25/h24-26H,1-23H2. The maximum absolute atomic E-state index is 3.14. The summed E-state index contributed by atoms with van der Waals surface area (Å²) in [7, 11) is 0. The molecule has 1 atom stereocenters. The number of nitrogens with zero attached hydrogens (tertiary/aromatic N) is 1. The first-order chi connectivity index (χ1) is 13.4. The van der Waals surface area contributed by atoms with Crippen molar-refractivity contribution < 1.29 is 0 Å². The average molecular weight is 376 g/mol. The van der Waals surface area contributed by atoms with Crippen LogP contribution < -0.4 is 0 Å². The molecule has 1 heterocycles. The quantitative estimate of drug-likeness (QED) is 0.469. The fraction of sp³-hybridized carbons (Fsp3) is 1.00. The summed E-state index contributed by atoms with van der Waals surface area (Å²) in [5.74, 6) is 1.01. The monoisotopic (exact) mass is 375 g/mol. The Labute approximate surface area is 171 Å². The van der Waals surface area contributed by atoms with Gasteiger partial charge in [0.2, 0.25) is 0 Å². The minimum atomic E-state index is 0.916. The zero-order valence-electron chi connectivity index (χ0n) is 18.4. The second-order valence-electron chi connectivity index (χ2n) is 10.2. The van der Waals surface area contributed by atoms with Crippen LogP contribution in [0.5, 0.6) is 0 Å². The first-order valence-electron chi connectivity index (χ1n) is 13.2. The molecule has 0 spiro atoms. The van der Waals surface area contributed by atoms with Crippen LogP contribution in [0.1, 0.15) is 141 Å². The van der Waals surface area contributed by atoms with E-state index in [1.54, 1.807) is 0 Å². The topological polar surface area (TPSA) is 3.24 Å². The molecular formula is C26H49N. The molecule has 2 saturated carbocycles. The zero-order valence-corrected chi connectivity index (χ0v) is 18.4. The van der Waals surface area contributed by atoms with Gasteiger partial charge in [-0.2, -0.15) is 0 Å². The van der Waals surface area contributed by atoms with Crippen molar-refractivity contribution >= 4 is 0 Å². The number of hydrogen-bond acceptors (Lipinski definition) is 1. The highest BCUT2D eigenvalue weighted by atomic mass is 15.2. The first kappa shape index (κ1) is 21.7. The highest BCUT2D eigenvalue weighted by molar-refractivity contribution is 4.86.